The third kappa shape index (κ3) is 4.83. The highest BCUT2D eigenvalue weighted by molar-refractivity contribution is 5.85. The van der Waals surface area contributed by atoms with Gasteiger partial charge in [-0.05, 0) is 49.3 Å². The van der Waals surface area contributed by atoms with Crippen LogP contribution in [0.5, 0.6) is 0 Å². The van der Waals surface area contributed by atoms with Gasteiger partial charge >= 0.3 is 5.97 Å². The second-order valence-electron chi connectivity index (χ2n) is 6.36. The van der Waals surface area contributed by atoms with Crippen molar-refractivity contribution in [1.29, 1.82) is 0 Å². The standard InChI is InChI=1S/C17H24N2O2.2ClH/c1-12-11-19(8-7-18-12)16(17(20)21)10-13-5-6-14-3-2-4-15(14)9-13;;/h5-6,9,12,16,18H,2-4,7-8,10-11H2,1H3,(H,20,21);2*1H/t12-,16-;;/m0../s1. The minimum Gasteiger partial charge on any atom is -0.480 e. The number of hydrogen-bond donors (Lipinski definition) is 2. The first kappa shape index (κ1) is 20.2. The van der Waals surface area contributed by atoms with Crippen molar-refractivity contribution in [3.05, 3.63) is 34.9 Å². The molecule has 0 radical (unpaired) electrons. The summed E-state index contributed by atoms with van der Waals surface area (Å²) in [6.07, 6.45) is 4.16. The van der Waals surface area contributed by atoms with Crippen molar-refractivity contribution in [2.24, 2.45) is 0 Å². The molecule has 0 unspecified atom stereocenters. The number of benzene rings is 1. The van der Waals surface area contributed by atoms with Crippen LogP contribution in [-0.2, 0) is 24.1 Å². The molecule has 1 aromatic carbocycles. The van der Waals surface area contributed by atoms with Gasteiger partial charge in [0.25, 0.3) is 0 Å². The van der Waals surface area contributed by atoms with Crippen molar-refractivity contribution in [3.63, 3.8) is 0 Å². The molecule has 0 amide bonds. The van der Waals surface area contributed by atoms with E-state index in [9.17, 15) is 9.90 Å². The third-order valence-electron chi connectivity index (χ3n) is 4.72. The van der Waals surface area contributed by atoms with Crippen molar-refractivity contribution in [2.75, 3.05) is 19.6 Å². The van der Waals surface area contributed by atoms with Gasteiger partial charge in [-0.25, -0.2) is 0 Å². The van der Waals surface area contributed by atoms with E-state index in [2.05, 4.69) is 35.3 Å². The number of hydrogen-bond acceptors (Lipinski definition) is 3. The zero-order chi connectivity index (χ0) is 14.8. The second kappa shape index (κ2) is 8.88. The number of rotatable bonds is 4. The molecule has 2 atom stereocenters. The van der Waals surface area contributed by atoms with Gasteiger partial charge < -0.3 is 10.4 Å². The Kier molecular flexibility index (Phi) is 7.81. The van der Waals surface area contributed by atoms with Gasteiger partial charge in [0.15, 0.2) is 0 Å². The summed E-state index contributed by atoms with van der Waals surface area (Å²) in [5.41, 5.74) is 4.03. The fourth-order valence-electron chi connectivity index (χ4n) is 3.59. The van der Waals surface area contributed by atoms with Crippen molar-refractivity contribution < 1.29 is 9.90 Å². The molecule has 1 aliphatic heterocycles. The molecule has 2 aliphatic rings. The monoisotopic (exact) mass is 360 g/mol. The molecule has 1 aromatic rings. The molecular weight excluding hydrogens is 335 g/mol. The van der Waals surface area contributed by atoms with Gasteiger partial charge in [-0.15, -0.1) is 24.8 Å². The lowest BCUT2D eigenvalue weighted by Gasteiger charge is -2.35. The van der Waals surface area contributed by atoms with Gasteiger partial charge in [-0.3, -0.25) is 9.69 Å². The molecule has 23 heavy (non-hydrogen) atoms. The molecule has 130 valence electrons. The van der Waals surface area contributed by atoms with Crippen LogP contribution in [0.25, 0.3) is 0 Å². The Labute approximate surface area is 150 Å². The topological polar surface area (TPSA) is 52.6 Å². The predicted octanol–water partition coefficient (Wildman–Crippen LogP) is 2.31. The van der Waals surface area contributed by atoms with E-state index in [0.717, 1.165) is 31.6 Å². The smallest absolute Gasteiger partial charge is 0.321 e. The van der Waals surface area contributed by atoms with Gasteiger partial charge in [-0.2, -0.15) is 0 Å². The van der Waals surface area contributed by atoms with Crippen LogP contribution in [0.2, 0.25) is 0 Å². The Morgan fingerprint density at radius 2 is 2.09 bits per heavy atom. The number of carbonyl (C=O) groups is 1. The molecule has 1 aliphatic carbocycles. The minimum absolute atomic E-state index is 0. The Hall–Kier alpha value is -0.810. The number of fused-ring (bicyclic) bond motifs is 1. The van der Waals surface area contributed by atoms with Gasteiger partial charge in [0.2, 0.25) is 0 Å². The summed E-state index contributed by atoms with van der Waals surface area (Å²) in [6.45, 7) is 4.60. The van der Waals surface area contributed by atoms with E-state index >= 15 is 0 Å². The van der Waals surface area contributed by atoms with E-state index < -0.39 is 12.0 Å². The first-order valence-electron chi connectivity index (χ1n) is 7.94. The van der Waals surface area contributed by atoms with Gasteiger partial charge in [-0.1, -0.05) is 18.2 Å². The molecule has 0 spiro atoms. The average Bonchev–Trinajstić information content (AvgIpc) is 2.92. The Morgan fingerprint density at radius 1 is 1.35 bits per heavy atom. The van der Waals surface area contributed by atoms with Crippen molar-refractivity contribution in [3.8, 4) is 0 Å². The number of nitrogens with one attached hydrogen (secondary N) is 1. The fraction of sp³-hybridized carbons (Fsp3) is 0.588. The summed E-state index contributed by atoms with van der Waals surface area (Å²) >= 11 is 0. The van der Waals surface area contributed by atoms with E-state index in [1.807, 2.05) is 0 Å². The highest BCUT2D eigenvalue weighted by Gasteiger charge is 2.29. The van der Waals surface area contributed by atoms with Gasteiger partial charge in [0.05, 0.1) is 0 Å². The van der Waals surface area contributed by atoms with Crippen LogP contribution in [0.3, 0.4) is 0 Å². The van der Waals surface area contributed by atoms with Crippen LogP contribution in [-0.4, -0.2) is 47.7 Å². The molecule has 0 aromatic heterocycles. The first-order valence-corrected chi connectivity index (χ1v) is 7.94. The largest absolute Gasteiger partial charge is 0.480 e. The van der Waals surface area contributed by atoms with E-state index in [1.165, 1.54) is 24.0 Å². The normalized spacial score (nSPS) is 21.7. The third-order valence-corrected chi connectivity index (χ3v) is 4.72. The Morgan fingerprint density at radius 3 is 2.78 bits per heavy atom. The lowest BCUT2D eigenvalue weighted by Crippen LogP contribution is -2.55. The zero-order valence-electron chi connectivity index (χ0n) is 13.5. The Balaban J connectivity index is 0.00000132. The molecule has 1 heterocycles. The number of aryl methyl sites for hydroxylation is 2. The highest BCUT2D eigenvalue weighted by atomic mass is 35.5. The molecule has 0 saturated carbocycles. The van der Waals surface area contributed by atoms with E-state index in [0.29, 0.717) is 12.5 Å². The van der Waals surface area contributed by atoms with E-state index in [1.54, 1.807) is 0 Å². The van der Waals surface area contributed by atoms with Crippen LogP contribution >= 0.6 is 24.8 Å². The highest BCUT2D eigenvalue weighted by Crippen LogP contribution is 2.24. The fourth-order valence-corrected chi connectivity index (χ4v) is 3.59. The quantitative estimate of drug-likeness (QED) is 0.864. The number of nitrogens with zero attached hydrogens (tertiary/aromatic N) is 1. The number of piperazine rings is 1. The van der Waals surface area contributed by atoms with E-state index in [-0.39, 0.29) is 24.8 Å². The summed E-state index contributed by atoms with van der Waals surface area (Å²) in [4.78, 5) is 13.8. The van der Waals surface area contributed by atoms with Crippen molar-refractivity contribution in [1.82, 2.24) is 10.2 Å². The average molecular weight is 361 g/mol. The number of aliphatic carboxylic acids is 1. The summed E-state index contributed by atoms with van der Waals surface area (Å²) < 4.78 is 0. The van der Waals surface area contributed by atoms with Crippen LogP contribution < -0.4 is 5.32 Å². The molecule has 4 nitrogen and oxygen atoms in total. The zero-order valence-corrected chi connectivity index (χ0v) is 15.1. The second-order valence-corrected chi connectivity index (χ2v) is 6.36. The summed E-state index contributed by atoms with van der Waals surface area (Å²) in [6, 6.07) is 6.49. The maximum atomic E-state index is 11.7. The van der Waals surface area contributed by atoms with Crippen LogP contribution in [0.15, 0.2) is 18.2 Å². The van der Waals surface area contributed by atoms with Crippen LogP contribution in [0, 0.1) is 0 Å². The number of halogens is 2. The summed E-state index contributed by atoms with van der Waals surface area (Å²) in [5, 5.41) is 13.0. The molecule has 3 rings (SSSR count). The molecular formula is C17H26Cl2N2O2. The van der Waals surface area contributed by atoms with Gasteiger partial charge in [0, 0.05) is 25.7 Å². The molecule has 1 fully saturated rings. The number of carboxylic acids is 1. The maximum Gasteiger partial charge on any atom is 0.321 e. The lowest BCUT2D eigenvalue weighted by molar-refractivity contribution is -0.143. The number of carboxylic acid groups (broad SMARTS) is 1. The summed E-state index contributed by atoms with van der Waals surface area (Å²) in [7, 11) is 0. The van der Waals surface area contributed by atoms with E-state index in [4.69, 9.17) is 0 Å². The van der Waals surface area contributed by atoms with Crippen LogP contribution in [0.1, 0.15) is 30.0 Å². The molecule has 6 heteroatoms. The van der Waals surface area contributed by atoms with Crippen molar-refractivity contribution >= 4 is 30.8 Å². The summed E-state index contributed by atoms with van der Waals surface area (Å²) in [5.74, 6) is -0.704. The van der Waals surface area contributed by atoms with Gasteiger partial charge in [0.1, 0.15) is 6.04 Å². The SMILES string of the molecule is C[C@H]1CN([C@@H](Cc2ccc3c(c2)CCC3)C(=O)O)CCN1.Cl.Cl. The Bertz CT molecular complexity index is 539. The lowest BCUT2D eigenvalue weighted by atomic mass is 9.99. The molecule has 0 bridgehead atoms. The van der Waals surface area contributed by atoms with Crippen molar-refractivity contribution in [2.45, 2.75) is 44.7 Å². The van der Waals surface area contributed by atoms with Crippen LogP contribution in [0.4, 0.5) is 0 Å². The molecule has 2 N–H and O–H groups in total. The minimum atomic E-state index is -0.704. The maximum absolute atomic E-state index is 11.7. The predicted molar refractivity (Wildman–Crippen MR) is 97.1 cm³/mol. The first-order chi connectivity index (χ1) is 10.1. The molecule has 1 saturated heterocycles.